The van der Waals surface area contributed by atoms with E-state index in [4.69, 9.17) is 0 Å². The third-order valence-corrected chi connectivity index (χ3v) is 13.2. The van der Waals surface area contributed by atoms with Crippen molar-refractivity contribution in [1.29, 1.82) is 0 Å². The smallest absolute Gasteiger partial charge is 0.132 e. The molecule has 0 saturated carbocycles. The Morgan fingerprint density at radius 3 is 1.23 bits per heavy atom. The summed E-state index contributed by atoms with van der Waals surface area (Å²) in [6.45, 7) is 2.15. The van der Waals surface area contributed by atoms with Gasteiger partial charge in [0, 0.05) is 0 Å². The molecule has 0 fully saturated rings. The van der Waals surface area contributed by atoms with Gasteiger partial charge in [-0.1, -0.05) is 90.5 Å². The lowest BCUT2D eigenvalue weighted by molar-refractivity contribution is -0.426. The zero-order valence-corrected chi connectivity index (χ0v) is 19.9. The van der Waals surface area contributed by atoms with Gasteiger partial charge in [-0.05, 0) is 72.0 Å². The van der Waals surface area contributed by atoms with Crippen LogP contribution in [0, 0.1) is 0 Å². The molecule has 2 atom stereocenters. The highest BCUT2D eigenvalue weighted by Gasteiger charge is 2.59. The molecule has 0 bridgehead atoms. The van der Waals surface area contributed by atoms with E-state index < -0.39 is 16.5 Å². The van der Waals surface area contributed by atoms with Gasteiger partial charge in [0.2, 0.25) is 0 Å². The fourth-order valence-corrected chi connectivity index (χ4v) is 11.9. The van der Waals surface area contributed by atoms with Gasteiger partial charge in [0.1, 0.15) is 26.3 Å². The summed E-state index contributed by atoms with van der Waals surface area (Å²) in [5.74, 6) is 0. The Labute approximate surface area is 193 Å². The summed E-state index contributed by atoms with van der Waals surface area (Å²) in [4.78, 5) is 0. The maximum atomic E-state index is 14.1. The molecular formula is C27H24IOP. The molecule has 4 aromatic carbocycles. The average molecular weight is 522 g/mol. The van der Waals surface area contributed by atoms with Crippen molar-refractivity contribution in [3.05, 3.63) is 127 Å². The number of hydrogen-bond donors (Lipinski definition) is 0. The lowest BCUT2D eigenvalue weighted by Crippen LogP contribution is -2.49. The fourth-order valence-electron chi connectivity index (χ4n) is 4.27. The van der Waals surface area contributed by atoms with E-state index >= 15 is 0 Å². The Balaban J connectivity index is 2.07. The van der Waals surface area contributed by atoms with Crippen molar-refractivity contribution in [2.75, 3.05) is 0 Å². The summed E-state index contributed by atoms with van der Waals surface area (Å²) in [6, 6.07) is 41.7. The van der Waals surface area contributed by atoms with Gasteiger partial charge >= 0.3 is 0 Å². The van der Waals surface area contributed by atoms with Gasteiger partial charge in [-0.2, -0.15) is 0 Å². The Morgan fingerprint density at radius 1 is 0.600 bits per heavy atom. The molecule has 4 rings (SSSR count). The van der Waals surface area contributed by atoms with Crippen LogP contribution in [0.15, 0.2) is 121 Å². The molecule has 0 aliphatic heterocycles. The number of alkyl halides is 1. The minimum absolute atomic E-state index is 0.587. The van der Waals surface area contributed by atoms with E-state index in [-0.39, 0.29) is 0 Å². The first-order valence-electron chi connectivity index (χ1n) is 10.0. The van der Waals surface area contributed by atoms with Crippen LogP contribution in [0.25, 0.3) is 0 Å². The van der Waals surface area contributed by atoms with Crippen LogP contribution < -0.4 is 21.0 Å². The predicted molar refractivity (Wildman–Crippen MR) is 137 cm³/mol. The van der Waals surface area contributed by atoms with Crippen LogP contribution in [0.4, 0.5) is 0 Å². The van der Waals surface area contributed by atoms with Crippen LogP contribution in [-0.2, 0) is 0 Å². The van der Waals surface area contributed by atoms with Crippen LogP contribution >= 0.6 is 29.9 Å². The minimum atomic E-state index is -2.30. The highest BCUT2D eigenvalue weighted by Crippen LogP contribution is 2.71. The second-order valence-corrected chi connectivity index (χ2v) is 14.4. The molecular weight excluding hydrogens is 498 g/mol. The van der Waals surface area contributed by atoms with Crippen molar-refractivity contribution >= 4 is 45.8 Å². The minimum Gasteiger partial charge on any atom is -0.845 e. The van der Waals surface area contributed by atoms with Crippen LogP contribution in [0.1, 0.15) is 18.6 Å². The Bertz CT molecular complexity index is 970. The first-order valence-corrected chi connectivity index (χ1v) is 12.9. The van der Waals surface area contributed by atoms with Crippen molar-refractivity contribution < 1.29 is 5.11 Å². The number of benzene rings is 4. The van der Waals surface area contributed by atoms with Gasteiger partial charge in [0.15, 0.2) is 0 Å². The molecule has 0 aliphatic rings. The van der Waals surface area contributed by atoms with E-state index in [1.807, 2.05) is 48.5 Å². The molecule has 1 nitrogen and oxygen atoms in total. The molecule has 2 unspecified atom stereocenters. The maximum absolute atomic E-state index is 14.1. The molecule has 0 amide bonds. The fraction of sp³-hybridized carbons (Fsp3) is 0.111. The Hall–Kier alpha value is -2.00. The van der Waals surface area contributed by atoms with Crippen LogP contribution in [0.5, 0.6) is 0 Å². The van der Waals surface area contributed by atoms with E-state index in [0.29, 0.717) is 0 Å². The zero-order chi connectivity index (χ0) is 21.0. The monoisotopic (exact) mass is 522 g/mol. The van der Waals surface area contributed by atoms with E-state index in [1.165, 1.54) is 15.9 Å². The van der Waals surface area contributed by atoms with Crippen molar-refractivity contribution in [2.45, 2.75) is 16.2 Å². The highest BCUT2D eigenvalue weighted by molar-refractivity contribution is 14.1. The quantitative estimate of drug-likeness (QED) is 0.193. The lowest BCUT2D eigenvalue weighted by atomic mass is 10.1. The van der Waals surface area contributed by atoms with Gasteiger partial charge in [-0.15, -0.1) is 0 Å². The molecule has 3 heteroatoms. The van der Waals surface area contributed by atoms with Gasteiger partial charge < -0.3 is 5.11 Å². The molecule has 30 heavy (non-hydrogen) atoms. The second kappa shape index (κ2) is 9.01. The van der Waals surface area contributed by atoms with Crippen molar-refractivity contribution in [1.82, 2.24) is 0 Å². The summed E-state index contributed by atoms with van der Waals surface area (Å²) in [7, 11) is -2.30. The highest BCUT2D eigenvalue weighted by atomic mass is 127. The zero-order valence-electron chi connectivity index (χ0n) is 16.9. The number of halogens is 1. The molecule has 4 aromatic rings. The standard InChI is InChI=1S/C27H24IOP/c1-27(28,26(29)22-14-6-2-7-15-22)30(23-16-8-3-9-17-23,24-18-10-4-11-19-24)25-20-12-5-13-21-25/h2-21,26H,1H3. The van der Waals surface area contributed by atoms with Crippen molar-refractivity contribution in [2.24, 2.45) is 0 Å². The van der Waals surface area contributed by atoms with E-state index in [2.05, 4.69) is 102 Å². The molecule has 0 spiro atoms. The molecule has 0 aromatic heterocycles. The van der Waals surface area contributed by atoms with Crippen molar-refractivity contribution in [3.63, 3.8) is 0 Å². The molecule has 0 radical (unpaired) electrons. The number of hydrogen-bond acceptors (Lipinski definition) is 1. The Morgan fingerprint density at radius 2 is 0.900 bits per heavy atom. The SMILES string of the molecule is CC(I)(C([O-])c1ccccc1)[P+](c1ccccc1)(c1ccccc1)c1ccccc1. The van der Waals surface area contributed by atoms with Gasteiger partial charge in [0.25, 0.3) is 0 Å². The first kappa shape index (κ1) is 21.2. The normalized spacial score (nSPS) is 14.6. The molecule has 150 valence electrons. The summed E-state index contributed by atoms with van der Waals surface area (Å²) in [5.41, 5.74) is 0.835. The third-order valence-electron chi connectivity index (χ3n) is 5.67. The van der Waals surface area contributed by atoms with Crippen LogP contribution in [0.2, 0.25) is 0 Å². The van der Waals surface area contributed by atoms with E-state index in [0.717, 1.165) is 5.56 Å². The summed E-state index contributed by atoms with van der Waals surface area (Å²) in [6.07, 6.45) is -0.881. The van der Waals surface area contributed by atoms with E-state index in [1.54, 1.807) is 0 Å². The van der Waals surface area contributed by atoms with Gasteiger partial charge in [0.05, 0.1) is 0 Å². The number of rotatable bonds is 6. The molecule has 0 N–H and O–H groups in total. The summed E-state index contributed by atoms with van der Waals surface area (Å²) in [5, 5.41) is 17.8. The largest absolute Gasteiger partial charge is 0.845 e. The third kappa shape index (κ3) is 3.62. The van der Waals surface area contributed by atoms with Crippen LogP contribution in [-0.4, -0.2) is 3.16 Å². The Kier molecular flexibility index (Phi) is 6.38. The molecule has 0 saturated heterocycles. The molecule has 0 aliphatic carbocycles. The summed E-state index contributed by atoms with van der Waals surface area (Å²) < 4.78 is -0.587. The second-order valence-electron chi connectivity index (χ2n) is 7.49. The van der Waals surface area contributed by atoms with Gasteiger partial charge in [-0.25, -0.2) is 0 Å². The van der Waals surface area contributed by atoms with E-state index in [9.17, 15) is 5.11 Å². The van der Waals surface area contributed by atoms with Gasteiger partial charge in [-0.3, -0.25) is 0 Å². The topological polar surface area (TPSA) is 23.1 Å². The first-order chi connectivity index (χ1) is 14.6. The maximum Gasteiger partial charge on any atom is 0.132 e. The summed E-state index contributed by atoms with van der Waals surface area (Å²) >= 11 is 2.47. The predicted octanol–water partition coefficient (Wildman–Crippen LogP) is 5.23. The average Bonchev–Trinajstić information content (AvgIpc) is 2.81. The lowest BCUT2D eigenvalue weighted by Gasteiger charge is -2.46. The van der Waals surface area contributed by atoms with Crippen molar-refractivity contribution in [3.8, 4) is 0 Å². The molecule has 0 heterocycles. The van der Waals surface area contributed by atoms with Crippen LogP contribution in [0.3, 0.4) is 0 Å².